The quantitative estimate of drug-likeness (QED) is 0.923. The average Bonchev–Trinajstić information content (AvgIpc) is 2.98. The molecule has 82 valence electrons. The molecular formula is C10H11BrO3S. The molecule has 1 aromatic carbocycles. The average molecular weight is 291 g/mol. The Morgan fingerprint density at radius 3 is 2.40 bits per heavy atom. The van der Waals surface area contributed by atoms with E-state index in [2.05, 4.69) is 15.9 Å². The van der Waals surface area contributed by atoms with Crippen molar-refractivity contribution in [2.75, 3.05) is 6.61 Å². The minimum Gasteiger partial charge on any atom is -0.395 e. The van der Waals surface area contributed by atoms with Gasteiger partial charge < -0.3 is 5.11 Å². The third-order valence-corrected chi connectivity index (χ3v) is 6.36. The van der Waals surface area contributed by atoms with E-state index in [0.717, 1.165) is 0 Å². The van der Waals surface area contributed by atoms with Gasteiger partial charge in [0.15, 0.2) is 9.84 Å². The number of rotatable bonds is 3. The lowest BCUT2D eigenvalue weighted by Gasteiger charge is -2.14. The molecule has 2 rings (SSSR count). The van der Waals surface area contributed by atoms with Crippen LogP contribution in [-0.2, 0) is 9.84 Å². The minimum atomic E-state index is -3.41. The summed E-state index contributed by atoms with van der Waals surface area (Å²) in [5.74, 6) is 0. The first-order chi connectivity index (χ1) is 7.03. The normalized spacial score (nSPS) is 18.8. The maximum absolute atomic E-state index is 12.2. The third kappa shape index (κ3) is 1.62. The second-order valence-electron chi connectivity index (χ2n) is 3.77. The first kappa shape index (κ1) is 11.1. The molecule has 0 atom stereocenters. The van der Waals surface area contributed by atoms with Crippen molar-refractivity contribution in [1.29, 1.82) is 0 Å². The number of aliphatic hydroxyl groups is 1. The van der Waals surface area contributed by atoms with Crippen LogP contribution < -0.4 is 0 Å². The molecule has 1 N–H and O–H groups in total. The lowest BCUT2D eigenvalue weighted by Crippen LogP contribution is -2.27. The van der Waals surface area contributed by atoms with Gasteiger partial charge in [0.1, 0.15) is 0 Å². The fourth-order valence-electron chi connectivity index (χ4n) is 1.55. The Kier molecular flexibility index (Phi) is 2.65. The van der Waals surface area contributed by atoms with E-state index in [1.807, 2.05) is 0 Å². The molecule has 15 heavy (non-hydrogen) atoms. The van der Waals surface area contributed by atoms with Gasteiger partial charge in [-0.25, -0.2) is 8.42 Å². The van der Waals surface area contributed by atoms with Crippen LogP contribution in [0.4, 0.5) is 0 Å². The predicted molar refractivity (Wildman–Crippen MR) is 60.4 cm³/mol. The summed E-state index contributed by atoms with van der Waals surface area (Å²) in [7, 11) is -3.41. The fraction of sp³-hybridized carbons (Fsp3) is 0.400. The van der Waals surface area contributed by atoms with Crippen LogP contribution in [-0.4, -0.2) is 24.9 Å². The van der Waals surface area contributed by atoms with Crippen LogP contribution in [0.2, 0.25) is 0 Å². The van der Waals surface area contributed by atoms with E-state index >= 15 is 0 Å². The van der Waals surface area contributed by atoms with Gasteiger partial charge in [-0.2, -0.15) is 0 Å². The van der Waals surface area contributed by atoms with Gasteiger partial charge in [-0.05, 0) is 40.9 Å². The zero-order chi connectivity index (χ0) is 11.1. The molecule has 1 fully saturated rings. The summed E-state index contributed by atoms with van der Waals surface area (Å²) in [6, 6.07) is 6.71. The van der Waals surface area contributed by atoms with Gasteiger partial charge >= 0.3 is 0 Å². The number of hydrogen-bond donors (Lipinski definition) is 1. The van der Waals surface area contributed by atoms with Gasteiger partial charge in [-0.15, -0.1) is 0 Å². The number of aliphatic hydroxyl groups excluding tert-OH is 1. The van der Waals surface area contributed by atoms with Crippen LogP contribution in [0.3, 0.4) is 0 Å². The topological polar surface area (TPSA) is 54.4 Å². The first-order valence-corrected chi connectivity index (χ1v) is 6.91. The second kappa shape index (κ2) is 3.57. The molecule has 1 aliphatic rings. The molecule has 0 aromatic heterocycles. The molecule has 0 saturated heterocycles. The van der Waals surface area contributed by atoms with Crippen LogP contribution in [0.15, 0.2) is 33.6 Å². The summed E-state index contributed by atoms with van der Waals surface area (Å²) < 4.78 is 24.0. The van der Waals surface area contributed by atoms with Crippen LogP contribution in [0.25, 0.3) is 0 Å². The van der Waals surface area contributed by atoms with Crippen molar-refractivity contribution in [1.82, 2.24) is 0 Å². The van der Waals surface area contributed by atoms with Crippen LogP contribution in [0, 0.1) is 0 Å². The summed E-state index contributed by atoms with van der Waals surface area (Å²) in [4.78, 5) is 0.275. The molecule has 1 aliphatic carbocycles. The van der Waals surface area contributed by atoms with E-state index in [1.165, 1.54) is 0 Å². The van der Waals surface area contributed by atoms with Crippen molar-refractivity contribution in [3.8, 4) is 0 Å². The number of halogens is 1. The lowest BCUT2D eigenvalue weighted by molar-refractivity contribution is 0.283. The number of hydrogen-bond acceptors (Lipinski definition) is 3. The van der Waals surface area contributed by atoms with Crippen molar-refractivity contribution in [2.45, 2.75) is 22.5 Å². The van der Waals surface area contributed by atoms with Crippen molar-refractivity contribution < 1.29 is 13.5 Å². The number of benzene rings is 1. The van der Waals surface area contributed by atoms with E-state index in [4.69, 9.17) is 5.11 Å². The smallest absolute Gasteiger partial charge is 0.187 e. The van der Waals surface area contributed by atoms with Crippen LogP contribution in [0.5, 0.6) is 0 Å². The Bertz CT molecular complexity index is 477. The zero-order valence-corrected chi connectivity index (χ0v) is 10.4. The van der Waals surface area contributed by atoms with Gasteiger partial charge in [0.05, 0.1) is 16.2 Å². The Morgan fingerprint density at radius 1 is 1.33 bits per heavy atom. The molecule has 3 nitrogen and oxygen atoms in total. The SMILES string of the molecule is O=S(=O)(c1ccccc1Br)C1(CO)CC1. The fourth-order valence-corrected chi connectivity index (χ4v) is 4.33. The highest BCUT2D eigenvalue weighted by molar-refractivity contribution is 9.10. The first-order valence-electron chi connectivity index (χ1n) is 4.63. The summed E-state index contributed by atoms with van der Waals surface area (Å²) in [6.45, 7) is -0.295. The Labute approximate surface area is 97.2 Å². The van der Waals surface area contributed by atoms with Gasteiger partial charge in [0.25, 0.3) is 0 Å². The van der Waals surface area contributed by atoms with E-state index in [-0.39, 0.29) is 11.5 Å². The maximum Gasteiger partial charge on any atom is 0.187 e. The van der Waals surface area contributed by atoms with Crippen molar-refractivity contribution in [3.05, 3.63) is 28.7 Å². The predicted octanol–water partition coefficient (Wildman–Crippen LogP) is 1.75. The molecule has 1 saturated carbocycles. The number of sulfone groups is 1. The summed E-state index contributed by atoms with van der Waals surface area (Å²) in [6.07, 6.45) is 1.10. The summed E-state index contributed by atoms with van der Waals surface area (Å²) in [5.41, 5.74) is 0. The molecule has 0 aliphatic heterocycles. The molecule has 0 spiro atoms. The second-order valence-corrected chi connectivity index (χ2v) is 6.94. The van der Waals surface area contributed by atoms with Gasteiger partial charge in [-0.1, -0.05) is 12.1 Å². The van der Waals surface area contributed by atoms with E-state index in [1.54, 1.807) is 24.3 Å². The van der Waals surface area contributed by atoms with Gasteiger partial charge in [0.2, 0.25) is 0 Å². The van der Waals surface area contributed by atoms with E-state index in [9.17, 15) is 8.42 Å². The summed E-state index contributed by atoms with van der Waals surface area (Å²) >= 11 is 3.22. The highest BCUT2D eigenvalue weighted by Gasteiger charge is 2.55. The Hall–Kier alpha value is -0.390. The molecule has 1 aromatic rings. The summed E-state index contributed by atoms with van der Waals surface area (Å²) in [5, 5.41) is 9.15. The zero-order valence-electron chi connectivity index (χ0n) is 7.98. The van der Waals surface area contributed by atoms with E-state index < -0.39 is 14.6 Å². The Morgan fingerprint density at radius 2 is 1.93 bits per heavy atom. The maximum atomic E-state index is 12.2. The van der Waals surface area contributed by atoms with Crippen molar-refractivity contribution in [2.24, 2.45) is 0 Å². The Balaban J connectivity index is 2.52. The lowest BCUT2D eigenvalue weighted by atomic mass is 10.4. The molecule has 5 heteroatoms. The van der Waals surface area contributed by atoms with Crippen molar-refractivity contribution >= 4 is 25.8 Å². The minimum absolute atomic E-state index is 0.275. The molecule has 0 unspecified atom stereocenters. The van der Waals surface area contributed by atoms with Crippen molar-refractivity contribution in [3.63, 3.8) is 0 Å². The molecule has 0 radical (unpaired) electrons. The van der Waals surface area contributed by atoms with Gasteiger partial charge in [-0.3, -0.25) is 0 Å². The molecule has 0 bridgehead atoms. The largest absolute Gasteiger partial charge is 0.395 e. The standard InChI is InChI=1S/C10H11BrO3S/c11-8-3-1-2-4-9(8)15(13,14)10(7-12)5-6-10/h1-4,12H,5-7H2. The van der Waals surface area contributed by atoms with Gasteiger partial charge in [0, 0.05) is 4.47 Å². The van der Waals surface area contributed by atoms with E-state index in [0.29, 0.717) is 17.3 Å². The monoisotopic (exact) mass is 290 g/mol. The molecular weight excluding hydrogens is 280 g/mol. The molecule has 0 amide bonds. The third-order valence-electron chi connectivity index (χ3n) is 2.79. The molecule has 0 heterocycles. The van der Waals surface area contributed by atoms with Crippen LogP contribution in [0.1, 0.15) is 12.8 Å². The highest BCUT2D eigenvalue weighted by atomic mass is 79.9. The van der Waals surface area contributed by atoms with Crippen LogP contribution >= 0.6 is 15.9 Å². The highest BCUT2D eigenvalue weighted by Crippen LogP contribution is 2.47.